The van der Waals surface area contributed by atoms with Crippen LogP contribution in [0, 0.1) is 0 Å². The fourth-order valence-electron chi connectivity index (χ4n) is 2.90. The minimum atomic E-state index is -0.182. The Bertz CT molecular complexity index is 961. The summed E-state index contributed by atoms with van der Waals surface area (Å²) in [6.07, 6.45) is 1.35. The molecule has 0 saturated heterocycles. The third kappa shape index (κ3) is 3.98. The van der Waals surface area contributed by atoms with Gasteiger partial charge in [0.15, 0.2) is 17.6 Å². The number of hydrogen-bond donors (Lipinski definition) is 0. The summed E-state index contributed by atoms with van der Waals surface area (Å²) in [5.74, 6) is 1.79. The van der Waals surface area contributed by atoms with E-state index in [-0.39, 0.29) is 12.0 Å². The van der Waals surface area contributed by atoms with Crippen LogP contribution in [0.5, 0.6) is 11.5 Å². The van der Waals surface area contributed by atoms with Gasteiger partial charge in [-0.25, -0.2) is 9.97 Å². The average molecular weight is 381 g/mol. The Kier molecular flexibility index (Phi) is 5.11. The Balaban J connectivity index is 1.34. The number of aromatic nitrogens is 2. The molecule has 0 saturated carbocycles. The van der Waals surface area contributed by atoms with Gasteiger partial charge in [-0.15, -0.1) is 0 Å². The number of ether oxygens (including phenoxy) is 2. The SMILES string of the molecule is CN(CC1COc2ccccc2O1)C(=O)CSc1ncnc2ccccc12. The number of hydrogen-bond acceptors (Lipinski definition) is 6. The van der Waals surface area contributed by atoms with Crippen LogP contribution in [0.3, 0.4) is 0 Å². The van der Waals surface area contributed by atoms with Crippen molar-refractivity contribution in [2.45, 2.75) is 11.1 Å². The normalized spacial score (nSPS) is 15.5. The van der Waals surface area contributed by atoms with Crippen molar-refractivity contribution in [2.75, 3.05) is 26.0 Å². The fourth-order valence-corrected chi connectivity index (χ4v) is 3.83. The lowest BCUT2D eigenvalue weighted by Gasteiger charge is -2.29. The molecule has 0 fully saturated rings. The van der Waals surface area contributed by atoms with Crippen molar-refractivity contribution >= 4 is 28.6 Å². The molecule has 2 aromatic carbocycles. The van der Waals surface area contributed by atoms with Crippen molar-refractivity contribution < 1.29 is 14.3 Å². The summed E-state index contributed by atoms with van der Waals surface area (Å²) in [6.45, 7) is 0.899. The summed E-state index contributed by atoms with van der Waals surface area (Å²) < 4.78 is 11.6. The maximum Gasteiger partial charge on any atom is 0.232 e. The number of carbonyl (C=O) groups excluding carboxylic acids is 1. The Hall–Kier alpha value is -2.80. The standard InChI is InChI=1S/C20H19N3O3S/c1-23(10-14-11-25-17-8-4-5-9-18(17)26-14)19(24)12-27-20-15-6-2-3-7-16(15)21-13-22-20/h2-9,13-14H,10-12H2,1H3. The van der Waals surface area contributed by atoms with Gasteiger partial charge in [-0.1, -0.05) is 42.1 Å². The molecule has 4 rings (SSSR count). The largest absolute Gasteiger partial charge is 0.486 e. The molecule has 27 heavy (non-hydrogen) atoms. The van der Waals surface area contributed by atoms with E-state index in [2.05, 4.69) is 9.97 Å². The van der Waals surface area contributed by atoms with Crippen molar-refractivity contribution in [1.29, 1.82) is 0 Å². The molecular formula is C20H19N3O3S. The number of rotatable bonds is 5. The predicted molar refractivity (Wildman–Crippen MR) is 104 cm³/mol. The number of amides is 1. The highest BCUT2D eigenvalue weighted by Gasteiger charge is 2.23. The first-order valence-electron chi connectivity index (χ1n) is 8.65. The molecule has 1 aromatic heterocycles. The van der Waals surface area contributed by atoms with Gasteiger partial charge in [-0.3, -0.25) is 4.79 Å². The number of carbonyl (C=O) groups is 1. The number of para-hydroxylation sites is 3. The third-order valence-corrected chi connectivity index (χ3v) is 5.30. The van der Waals surface area contributed by atoms with Crippen LogP contribution >= 0.6 is 11.8 Å². The third-order valence-electron chi connectivity index (χ3n) is 4.31. The second kappa shape index (κ2) is 7.84. The van der Waals surface area contributed by atoms with Crippen LogP contribution in [0.15, 0.2) is 59.9 Å². The van der Waals surface area contributed by atoms with Crippen molar-refractivity contribution in [3.05, 3.63) is 54.9 Å². The second-order valence-electron chi connectivity index (χ2n) is 6.26. The van der Waals surface area contributed by atoms with E-state index in [0.717, 1.165) is 27.4 Å². The monoisotopic (exact) mass is 381 g/mol. The molecule has 7 heteroatoms. The lowest BCUT2D eigenvalue weighted by atomic mass is 10.2. The van der Waals surface area contributed by atoms with E-state index in [1.54, 1.807) is 11.9 Å². The quantitative estimate of drug-likeness (QED) is 0.500. The molecule has 0 aliphatic carbocycles. The summed E-state index contributed by atoms with van der Waals surface area (Å²) in [7, 11) is 1.78. The number of nitrogens with zero attached hydrogens (tertiary/aromatic N) is 3. The van der Waals surface area contributed by atoms with Crippen LogP contribution in [0.2, 0.25) is 0 Å². The Morgan fingerprint density at radius 1 is 1.15 bits per heavy atom. The molecule has 1 atom stereocenters. The van der Waals surface area contributed by atoms with E-state index in [4.69, 9.17) is 9.47 Å². The molecule has 1 aliphatic rings. The molecule has 1 aliphatic heterocycles. The summed E-state index contributed by atoms with van der Waals surface area (Å²) in [5.41, 5.74) is 0.877. The smallest absolute Gasteiger partial charge is 0.232 e. The summed E-state index contributed by atoms with van der Waals surface area (Å²) in [4.78, 5) is 22.8. The van der Waals surface area contributed by atoms with Gasteiger partial charge >= 0.3 is 0 Å². The molecular weight excluding hydrogens is 362 g/mol. The van der Waals surface area contributed by atoms with Crippen LogP contribution in [-0.4, -0.2) is 52.8 Å². The van der Waals surface area contributed by atoms with E-state index in [1.807, 2.05) is 48.5 Å². The molecule has 2 heterocycles. The highest BCUT2D eigenvalue weighted by molar-refractivity contribution is 8.00. The van der Waals surface area contributed by atoms with Crippen molar-refractivity contribution in [2.24, 2.45) is 0 Å². The first kappa shape index (κ1) is 17.6. The lowest BCUT2D eigenvalue weighted by molar-refractivity contribution is -0.128. The first-order valence-corrected chi connectivity index (χ1v) is 9.64. The summed E-state index contributed by atoms with van der Waals surface area (Å²) in [6, 6.07) is 15.4. The van der Waals surface area contributed by atoms with E-state index >= 15 is 0 Å². The van der Waals surface area contributed by atoms with Crippen LogP contribution in [0.1, 0.15) is 0 Å². The van der Waals surface area contributed by atoms with Gasteiger partial charge in [0.2, 0.25) is 5.91 Å². The van der Waals surface area contributed by atoms with Crippen molar-refractivity contribution in [3.8, 4) is 11.5 Å². The Labute approximate surface area is 161 Å². The second-order valence-corrected chi connectivity index (χ2v) is 7.22. The molecule has 0 spiro atoms. The number of benzene rings is 2. The van der Waals surface area contributed by atoms with Gasteiger partial charge in [0.05, 0.1) is 17.8 Å². The maximum atomic E-state index is 12.5. The van der Waals surface area contributed by atoms with Crippen LogP contribution in [0.4, 0.5) is 0 Å². The van der Waals surface area contributed by atoms with E-state index in [9.17, 15) is 4.79 Å². The lowest BCUT2D eigenvalue weighted by Crippen LogP contribution is -2.42. The Morgan fingerprint density at radius 2 is 1.93 bits per heavy atom. The predicted octanol–water partition coefficient (Wildman–Crippen LogP) is 3.02. The summed E-state index contributed by atoms with van der Waals surface area (Å²) in [5, 5.41) is 1.77. The first-order chi connectivity index (χ1) is 13.2. The van der Waals surface area contributed by atoms with Crippen molar-refractivity contribution in [3.63, 3.8) is 0 Å². The average Bonchev–Trinajstić information content (AvgIpc) is 2.71. The van der Waals surface area contributed by atoms with Gasteiger partial charge < -0.3 is 14.4 Å². The van der Waals surface area contributed by atoms with E-state index in [1.165, 1.54) is 18.1 Å². The van der Waals surface area contributed by atoms with Crippen LogP contribution in [-0.2, 0) is 4.79 Å². The zero-order valence-electron chi connectivity index (χ0n) is 14.9. The maximum absolute atomic E-state index is 12.5. The Morgan fingerprint density at radius 3 is 2.81 bits per heavy atom. The number of fused-ring (bicyclic) bond motifs is 2. The van der Waals surface area contributed by atoms with E-state index in [0.29, 0.717) is 18.9 Å². The van der Waals surface area contributed by atoms with Crippen LogP contribution < -0.4 is 9.47 Å². The minimum Gasteiger partial charge on any atom is -0.486 e. The number of thioether (sulfide) groups is 1. The van der Waals surface area contributed by atoms with Gasteiger partial charge in [0, 0.05) is 12.4 Å². The fraction of sp³-hybridized carbons (Fsp3) is 0.250. The highest BCUT2D eigenvalue weighted by Crippen LogP contribution is 2.31. The van der Waals surface area contributed by atoms with Gasteiger partial charge in [0.25, 0.3) is 0 Å². The van der Waals surface area contributed by atoms with Crippen molar-refractivity contribution in [1.82, 2.24) is 14.9 Å². The highest BCUT2D eigenvalue weighted by atomic mass is 32.2. The topological polar surface area (TPSA) is 64.6 Å². The van der Waals surface area contributed by atoms with Crippen LogP contribution in [0.25, 0.3) is 10.9 Å². The van der Waals surface area contributed by atoms with Gasteiger partial charge in [-0.2, -0.15) is 0 Å². The van der Waals surface area contributed by atoms with Gasteiger partial charge in [-0.05, 0) is 18.2 Å². The molecule has 0 N–H and O–H groups in total. The number of likely N-dealkylation sites (N-methyl/N-ethyl adjacent to an activating group) is 1. The summed E-state index contributed by atoms with van der Waals surface area (Å²) >= 11 is 1.42. The molecule has 1 amide bonds. The molecule has 6 nitrogen and oxygen atoms in total. The molecule has 138 valence electrons. The molecule has 3 aromatic rings. The van der Waals surface area contributed by atoms with Gasteiger partial charge in [0.1, 0.15) is 18.0 Å². The molecule has 1 unspecified atom stereocenters. The zero-order valence-corrected chi connectivity index (χ0v) is 15.7. The molecule has 0 radical (unpaired) electrons. The zero-order chi connectivity index (χ0) is 18.6. The molecule has 0 bridgehead atoms. The minimum absolute atomic E-state index is 0.0187. The van der Waals surface area contributed by atoms with E-state index < -0.39 is 0 Å².